The molecule has 8 heteroatoms. The number of aliphatic imine (C=N–C) groups is 1. The second kappa shape index (κ2) is 13.0. The van der Waals surface area contributed by atoms with Crippen molar-refractivity contribution in [2.45, 2.75) is 26.7 Å². The van der Waals surface area contributed by atoms with Crippen LogP contribution in [-0.2, 0) is 11.2 Å². The number of nitrogens with zero attached hydrogens (tertiary/aromatic N) is 2. The maximum Gasteiger partial charge on any atom is 0.246 e. The van der Waals surface area contributed by atoms with Crippen molar-refractivity contribution in [2.75, 3.05) is 38.7 Å². The molecule has 3 N–H and O–H groups in total. The zero-order valence-corrected chi connectivity index (χ0v) is 17.9. The molecule has 0 fully saturated rings. The van der Waals surface area contributed by atoms with Crippen molar-refractivity contribution >= 4 is 17.6 Å². The van der Waals surface area contributed by atoms with Gasteiger partial charge in [0.2, 0.25) is 5.91 Å². The van der Waals surface area contributed by atoms with Gasteiger partial charge < -0.3 is 25.4 Å². The Morgan fingerprint density at radius 2 is 2.03 bits per heavy atom. The minimum absolute atomic E-state index is 0.0282. The average molecular weight is 414 g/mol. The van der Waals surface area contributed by atoms with E-state index in [0.717, 1.165) is 30.9 Å². The van der Waals surface area contributed by atoms with Crippen molar-refractivity contribution in [1.29, 1.82) is 0 Å². The Balaban J connectivity index is 1.80. The third kappa shape index (κ3) is 7.98. The van der Waals surface area contributed by atoms with Gasteiger partial charge in [-0.3, -0.25) is 9.78 Å². The lowest BCUT2D eigenvalue weighted by Gasteiger charge is -2.13. The first-order chi connectivity index (χ1) is 14.7. The van der Waals surface area contributed by atoms with E-state index in [1.54, 1.807) is 31.6 Å². The van der Waals surface area contributed by atoms with Crippen LogP contribution in [0.15, 0.2) is 47.7 Å². The predicted molar refractivity (Wildman–Crippen MR) is 119 cm³/mol. The van der Waals surface area contributed by atoms with Crippen molar-refractivity contribution in [2.24, 2.45) is 4.99 Å². The summed E-state index contributed by atoms with van der Waals surface area (Å²) in [6, 6.07) is 9.55. The number of pyridine rings is 1. The average Bonchev–Trinajstić information content (AvgIpc) is 2.76. The van der Waals surface area contributed by atoms with Crippen molar-refractivity contribution in [3.8, 4) is 11.5 Å². The van der Waals surface area contributed by atoms with E-state index >= 15 is 0 Å². The maximum atomic E-state index is 12.0. The number of carbonyl (C=O) groups excluding carboxylic acids is 1. The van der Waals surface area contributed by atoms with Crippen LogP contribution in [0, 0.1) is 0 Å². The number of anilines is 1. The largest absolute Gasteiger partial charge is 0.493 e. The summed E-state index contributed by atoms with van der Waals surface area (Å²) in [6.07, 6.45) is 5.05. The van der Waals surface area contributed by atoms with Gasteiger partial charge in [-0.05, 0) is 56.5 Å². The van der Waals surface area contributed by atoms with Crippen LogP contribution in [0.3, 0.4) is 0 Å². The lowest BCUT2D eigenvalue weighted by molar-refractivity contribution is -0.114. The number of rotatable bonds is 11. The van der Waals surface area contributed by atoms with E-state index in [1.807, 2.05) is 32.0 Å². The predicted octanol–water partition coefficient (Wildman–Crippen LogP) is 2.62. The SMILES string of the molecule is CCNC(=NCC(=O)Nc1cccnc1)NCCCc1ccc(OC)c(OCC)c1. The van der Waals surface area contributed by atoms with Gasteiger partial charge in [0, 0.05) is 19.3 Å². The number of ether oxygens (including phenoxy) is 2. The van der Waals surface area contributed by atoms with Gasteiger partial charge in [-0.1, -0.05) is 6.07 Å². The van der Waals surface area contributed by atoms with Crippen molar-refractivity contribution in [3.63, 3.8) is 0 Å². The number of nitrogens with one attached hydrogen (secondary N) is 3. The van der Waals surface area contributed by atoms with Crippen LogP contribution in [0.5, 0.6) is 11.5 Å². The molecule has 1 amide bonds. The quantitative estimate of drug-likeness (QED) is 0.298. The molecule has 0 aliphatic carbocycles. The van der Waals surface area contributed by atoms with Gasteiger partial charge in [0.05, 0.1) is 25.6 Å². The Labute approximate surface area is 178 Å². The summed E-state index contributed by atoms with van der Waals surface area (Å²) in [4.78, 5) is 20.4. The minimum atomic E-state index is -0.193. The molecule has 162 valence electrons. The van der Waals surface area contributed by atoms with E-state index in [-0.39, 0.29) is 12.5 Å². The van der Waals surface area contributed by atoms with Crippen molar-refractivity contribution in [1.82, 2.24) is 15.6 Å². The second-order valence-corrected chi connectivity index (χ2v) is 6.43. The molecule has 0 saturated heterocycles. The molecule has 1 aromatic carbocycles. The monoisotopic (exact) mass is 413 g/mol. The standard InChI is InChI=1S/C22H31N5O3/c1-4-24-22(26-16-21(28)27-18-9-7-12-23-15-18)25-13-6-8-17-10-11-19(29-3)20(14-17)30-5-2/h7,9-12,14-15H,4-6,8,13,16H2,1-3H3,(H,27,28)(H2,24,25,26). The minimum Gasteiger partial charge on any atom is -0.493 e. The van der Waals surface area contributed by atoms with Crippen LogP contribution in [-0.4, -0.2) is 50.2 Å². The lowest BCUT2D eigenvalue weighted by atomic mass is 10.1. The van der Waals surface area contributed by atoms with Gasteiger partial charge in [0.1, 0.15) is 6.54 Å². The van der Waals surface area contributed by atoms with Crippen molar-refractivity contribution in [3.05, 3.63) is 48.3 Å². The number of aryl methyl sites for hydroxylation is 1. The van der Waals surface area contributed by atoms with Crippen molar-refractivity contribution < 1.29 is 14.3 Å². The first-order valence-electron chi connectivity index (χ1n) is 10.2. The molecule has 30 heavy (non-hydrogen) atoms. The number of aromatic nitrogens is 1. The Morgan fingerprint density at radius 3 is 2.73 bits per heavy atom. The molecule has 0 spiro atoms. The van der Waals surface area contributed by atoms with Crippen LogP contribution in [0.4, 0.5) is 5.69 Å². The summed E-state index contributed by atoms with van der Waals surface area (Å²) in [5, 5.41) is 9.18. The molecule has 1 aromatic heterocycles. The van der Waals surface area contributed by atoms with Crippen LogP contribution < -0.4 is 25.4 Å². The first kappa shape index (κ1) is 23.0. The van der Waals surface area contributed by atoms with E-state index in [9.17, 15) is 4.79 Å². The van der Waals surface area contributed by atoms with Gasteiger partial charge in [-0.25, -0.2) is 4.99 Å². The summed E-state index contributed by atoms with van der Waals surface area (Å²) < 4.78 is 11.0. The summed E-state index contributed by atoms with van der Waals surface area (Å²) in [6.45, 7) is 6.01. The highest BCUT2D eigenvalue weighted by molar-refractivity contribution is 5.93. The smallest absolute Gasteiger partial charge is 0.246 e. The van der Waals surface area contributed by atoms with E-state index in [1.165, 1.54) is 5.56 Å². The highest BCUT2D eigenvalue weighted by Gasteiger charge is 2.06. The number of guanidine groups is 1. The third-order valence-corrected chi connectivity index (χ3v) is 4.13. The van der Waals surface area contributed by atoms with Crippen LogP contribution >= 0.6 is 0 Å². The van der Waals surface area contributed by atoms with Crippen LogP contribution in [0.25, 0.3) is 0 Å². The Kier molecular flexibility index (Phi) is 9.99. The molecule has 1 heterocycles. The number of hydrogen-bond donors (Lipinski definition) is 3. The fourth-order valence-electron chi connectivity index (χ4n) is 2.77. The topological polar surface area (TPSA) is 96.9 Å². The fraction of sp³-hybridized carbons (Fsp3) is 0.409. The van der Waals surface area contributed by atoms with E-state index in [2.05, 4.69) is 25.9 Å². The van der Waals surface area contributed by atoms with E-state index < -0.39 is 0 Å². The van der Waals surface area contributed by atoms with E-state index in [0.29, 0.717) is 24.8 Å². The number of methoxy groups -OCH3 is 1. The highest BCUT2D eigenvalue weighted by Crippen LogP contribution is 2.28. The molecule has 0 atom stereocenters. The van der Waals surface area contributed by atoms with Gasteiger partial charge in [-0.15, -0.1) is 0 Å². The van der Waals surface area contributed by atoms with Gasteiger partial charge in [-0.2, -0.15) is 0 Å². The number of carbonyl (C=O) groups is 1. The number of benzene rings is 1. The normalized spacial score (nSPS) is 11.0. The molecule has 0 aliphatic rings. The molecule has 0 bridgehead atoms. The Hall–Kier alpha value is -3.29. The molecule has 2 aromatic rings. The molecular formula is C22H31N5O3. The van der Waals surface area contributed by atoms with Gasteiger partial charge in [0.15, 0.2) is 17.5 Å². The zero-order chi connectivity index (χ0) is 21.6. The summed E-state index contributed by atoms with van der Waals surface area (Å²) >= 11 is 0. The summed E-state index contributed by atoms with van der Waals surface area (Å²) in [7, 11) is 1.64. The lowest BCUT2D eigenvalue weighted by Crippen LogP contribution is -2.38. The molecule has 0 unspecified atom stereocenters. The number of hydrogen-bond acceptors (Lipinski definition) is 5. The molecule has 2 rings (SSSR count). The van der Waals surface area contributed by atoms with Crippen LogP contribution in [0.2, 0.25) is 0 Å². The van der Waals surface area contributed by atoms with Crippen LogP contribution in [0.1, 0.15) is 25.8 Å². The fourth-order valence-corrected chi connectivity index (χ4v) is 2.77. The molecule has 0 aliphatic heterocycles. The summed E-state index contributed by atoms with van der Waals surface area (Å²) in [5.74, 6) is 1.93. The molecule has 0 saturated carbocycles. The second-order valence-electron chi connectivity index (χ2n) is 6.43. The highest BCUT2D eigenvalue weighted by atomic mass is 16.5. The Bertz CT molecular complexity index is 812. The van der Waals surface area contributed by atoms with Gasteiger partial charge in [0.25, 0.3) is 0 Å². The first-order valence-corrected chi connectivity index (χ1v) is 10.2. The third-order valence-electron chi connectivity index (χ3n) is 4.13. The number of amides is 1. The summed E-state index contributed by atoms with van der Waals surface area (Å²) in [5.41, 5.74) is 1.83. The molecular weight excluding hydrogens is 382 g/mol. The van der Waals surface area contributed by atoms with Gasteiger partial charge >= 0.3 is 0 Å². The maximum absolute atomic E-state index is 12.0. The Morgan fingerprint density at radius 1 is 1.17 bits per heavy atom. The molecule has 8 nitrogen and oxygen atoms in total. The molecule has 0 radical (unpaired) electrons. The zero-order valence-electron chi connectivity index (χ0n) is 17.9. The van der Waals surface area contributed by atoms with E-state index in [4.69, 9.17) is 9.47 Å².